The van der Waals surface area contributed by atoms with Gasteiger partial charge in [-0.3, -0.25) is 0 Å². The lowest BCUT2D eigenvalue weighted by Gasteiger charge is -2.33. The molecule has 3 heterocycles. The van der Waals surface area contributed by atoms with Crippen molar-refractivity contribution in [2.24, 2.45) is 0 Å². The topological polar surface area (TPSA) is 65.0 Å². The van der Waals surface area contributed by atoms with E-state index in [1.807, 2.05) is 24.1 Å². The fourth-order valence-electron chi connectivity index (χ4n) is 5.32. The first-order valence-corrected chi connectivity index (χ1v) is 13.0. The van der Waals surface area contributed by atoms with Gasteiger partial charge >= 0.3 is 6.01 Å². The number of hydrogen-bond donors (Lipinski definition) is 1. The molecule has 1 N–H and O–H groups in total. The number of aliphatic hydroxyl groups excluding tert-OH is 1. The van der Waals surface area contributed by atoms with E-state index in [0.29, 0.717) is 31.7 Å². The minimum Gasteiger partial charge on any atom is -0.462 e. The van der Waals surface area contributed by atoms with Gasteiger partial charge in [0.2, 0.25) is 0 Å². The van der Waals surface area contributed by atoms with Crippen molar-refractivity contribution < 1.29 is 9.84 Å². The number of fused-ring (bicyclic) bond motifs is 2. The van der Waals surface area contributed by atoms with Gasteiger partial charge in [0.15, 0.2) is 0 Å². The number of nitrogens with zero attached hydrogens (tertiary/aromatic N) is 5. The van der Waals surface area contributed by atoms with Crippen LogP contribution in [0.3, 0.4) is 0 Å². The van der Waals surface area contributed by atoms with E-state index in [-0.39, 0.29) is 0 Å². The van der Waals surface area contributed by atoms with Crippen molar-refractivity contribution in [2.75, 3.05) is 50.1 Å². The third-order valence-corrected chi connectivity index (χ3v) is 7.68. The minimum atomic E-state index is -0.643. The fourth-order valence-corrected chi connectivity index (χ4v) is 5.60. The maximum Gasteiger partial charge on any atom is 0.318 e. The van der Waals surface area contributed by atoms with Gasteiger partial charge in [-0.25, -0.2) is 0 Å². The SMILES string of the molecule is C=CC(O)CN(C)c1nc(OC[C@@H]2CCCN2C)nc2c1CCN(c1cccc3cccc(Cl)c13)C2. The Kier molecular flexibility index (Phi) is 7.32. The molecule has 0 aliphatic carbocycles. The normalized spacial score (nSPS) is 18.8. The van der Waals surface area contributed by atoms with Gasteiger partial charge in [0.25, 0.3) is 0 Å². The number of likely N-dealkylation sites (tertiary alicyclic amines) is 1. The van der Waals surface area contributed by atoms with E-state index < -0.39 is 6.10 Å². The van der Waals surface area contributed by atoms with Gasteiger partial charge in [0, 0.05) is 42.8 Å². The predicted molar refractivity (Wildman–Crippen MR) is 146 cm³/mol. The second-order valence-electron chi connectivity index (χ2n) is 9.81. The quantitative estimate of drug-likeness (QED) is 0.456. The molecule has 1 saturated heterocycles. The smallest absolute Gasteiger partial charge is 0.318 e. The van der Waals surface area contributed by atoms with Crippen LogP contribution in [0, 0.1) is 0 Å². The average molecular weight is 508 g/mol. The molecule has 5 rings (SSSR count). The van der Waals surface area contributed by atoms with Crippen molar-refractivity contribution in [1.29, 1.82) is 0 Å². The highest BCUT2D eigenvalue weighted by molar-refractivity contribution is 6.36. The molecule has 1 aromatic heterocycles. The van der Waals surface area contributed by atoms with Crippen molar-refractivity contribution >= 4 is 33.9 Å². The highest BCUT2D eigenvalue weighted by Gasteiger charge is 2.27. The molecule has 0 amide bonds. The lowest BCUT2D eigenvalue weighted by atomic mass is 10.0. The molecule has 3 aromatic rings. The molecule has 1 fully saturated rings. The Hall–Kier alpha value is -2.87. The van der Waals surface area contributed by atoms with E-state index in [4.69, 9.17) is 26.3 Å². The predicted octanol–water partition coefficient (Wildman–Crippen LogP) is 4.30. The summed E-state index contributed by atoms with van der Waals surface area (Å²) in [7, 11) is 4.08. The Bertz CT molecular complexity index is 1250. The van der Waals surface area contributed by atoms with Crippen LogP contribution in [-0.4, -0.2) is 72.5 Å². The van der Waals surface area contributed by atoms with Gasteiger partial charge in [-0.05, 0) is 50.4 Å². The molecule has 2 aliphatic rings. The van der Waals surface area contributed by atoms with Crippen molar-refractivity contribution in [3.8, 4) is 6.01 Å². The number of ether oxygens (including phenoxy) is 1. The number of aliphatic hydroxyl groups is 1. The summed E-state index contributed by atoms with van der Waals surface area (Å²) >= 11 is 6.64. The number of anilines is 2. The first kappa shape index (κ1) is 24.8. The van der Waals surface area contributed by atoms with Gasteiger partial charge in [-0.2, -0.15) is 9.97 Å². The molecule has 190 valence electrons. The molecular weight excluding hydrogens is 474 g/mol. The molecule has 7 nitrogen and oxygen atoms in total. The van der Waals surface area contributed by atoms with Crippen LogP contribution in [0.25, 0.3) is 10.8 Å². The highest BCUT2D eigenvalue weighted by Crippen LogP contribution is 2.36. The third-order valence-electron chi connectivity index (χ3n) is 7.37. The van der Waals surface area contributed by atoms with E-state index in [1.54, 1.807) is 6.08 Å². The number of halogens is 1. The summed E-state index contributed by atoms with van der Waals surface area (Å²) in [6.45, 7) is 7.22. The largest absolute Gasteiger partial charge is 0.462 e. The molecule has 0 bridgehead atoms. The standard InChI is InChI=1S/C28H34ClN5O2/c1-4-21(35)16-33(3)27-22-13-15-34(25-12-6-9-19-8-5-11-23(29)26(19)25)17-24(22)30-28(31-27)36-18-20-10-7-14-32(20)2/h4-6,8-9,11-12,20-21,35H,1,7,10,13-18H2,2-3H3/t20-,21?/m0/s1. The van der Waals surface area contributed by atoms with Gasteiger partial charge in [0.1, 0.15) is 12.4 Å². The van der Waals surface area contributed by atoms with Crippen LogP contribution < -0.4 is 14.5 Å². The summed E-state index contributed by atoms with van der Waals surface area (Å²) in [5, 5.41) is 13.1. The first-order chi connectivity index (χ1) is 17.4. The van der Waals surface area contributed by atoms with Crippen LogP contribution in [-0.2, 0) is 13.0 Å². The molecule has 8 heteroatoms. The molecule has 0 radical (unpaired) electrons. The fraction of sp³-hybridized carbons (Fsp3) is 0.429. The summed E-state index contributed by atoms with van der Waals surface area (Å²) in [6.07, 6.45) is 3.99. The zero-order valence-electron chi connectivity index (χ0n) is 21.0. The molecule has 36 heavy (non-hydrogen) atoms. The maximum atomic E-state index is 10.2. The molecule has 0 spiro atoms. The second kappa shape index (κ2) is 10.6. The number of hydrogen-bond acceptors (Lipinski definition) is 7. The number of rotatable bonds is 8. The maximum absolute atomic E-state index is 10.2. The van der Waals surface area contributed by atoms with E-state index >= 15 is 0 Å². The lowest BCUT2D eigenvalue weighted by molar-refractivity contribution is 0.187. The Morgan fingerprint density at radius 3 is 2.81 bits per heavy atom. The minimum absolute atomic E-state index is 0.378. The van der Waals surface area contributed by atoms with Crippen molar-refractivity contribution in [3.05, 3.63) is 65.3 Å². The summed E-state index contributed by atoms with van der Waals surface area (Å²) in [5.74, 6) is 0.811. The molecule has 1 unspecified atom stereocenters. The lowest BCUT2D eigenvalue weighted by Crippen LogP contribution is -2.35. The van der Waals surface area contributed by atoms with Crippen molar-refractivity contribution in [3.63, 3.8) is 0 Å². The van der Waals surface area contributed by atoms with Crippen LogP contribution in [0.1, 0.15) is 24.1 Å². The van der Waals surface area contributed by atoms with E-state index in [2.05, 4.69) is 47.7 Å². The van der Waals surface area contributed by atoms with Gasteiger partial charge in [-0.15, -0.1) is 6.58 Å². The molecule has 2 aliphatic heterocycles. The molecular formula is C28H34ClN5O2. The van der Waals surface area contributed by atoms with Crippen LogP contribution >= 0.6 is 11.6 Å². The number of likely N-dealkylation sites (N-methyl/N-ethyl adjacent to an activating group) is 2. The number of benzene rings is 2. The van der Waals surface area contributed by atoms with E-state index in [1.165, 1.54) is 6.42 Å². The Labute approximate surface area is 218 Å². The summed E-state index contributed by atoms with van der Waals surface area (Å²) in [5.41, 5.74) is 3.15. The van der Waals surface area contributed by atoms with Crippen molar-refractivity contribution in [2.45, 2.75) is 38.0 Å². The first-order valence-electron chi connectivity index (χ1n) is 12.6. The van der Waals surface area contributed by atoms with Crippen LogP contribution in [0.5, 0.6) is 6.01 Å². The Morgan fingerprint density at radius 2 is 2.06 bits per heavy atom. The average Bonchev–Trinajstić information content (AvgIpc) is 3.30. The Balaban J connectivity index is 1.48. The number of aromatic nitrogens is 2. The van der Waals surface area contributed by atoms with Crippen LogP contribution in [0.2, 0.25) is 5.02 Å². The molecule has 2 atom stereocenters. The monoisotopic (exact) mass is 507 g/mol. The van der Waals surface area contributed by atoms with Crippen LogP contribution in [0.4, 0.5) is 11.5 Å². The highest BCUT2D eigenvalue weighted by atomic mass is 35.5. The zero-order chi connectivity index (χ0) is 25.2. The second-order valence-corrected chi connectivity index (χ2v) is 10.2. The van der Waals surface area contributed by atoms with Gasteiger partial charge in [0.05, 0.1) is 23.4 Å². The molecule has 0 saturated carbocycles. The third kappa shape index (κ3) is 5.01. The van der Waals surface area contributed by atoms with Gasteiger partial charge < -0.3 is 24.5 Å². The summed E-state index contributed by atoms with van der Waals surface area (Å²) < 4.78 is 6.17. The zero-order valence-corrected chi connectivity index (χ0v) is 21.8. The van der Waals surface area contributed by atoms with Gasteiger partial charge in [-0.1, -0.05) is 41.9 Å². The van der Waals surface area contributed by atoms with Crippen molar-refractivity contribution in [1.82, 2.24) is 14.9 Å². The van der Waals surface area contributed by atoms with Crippen LogP contribution in [0.15, 0.2) is 49.1 Å². The van der Waals surface area contributed by atoms with E-state index in [9.17, 15) is 5.11 Å². The van der Waals surface area contributed by atoms with E-state index in [0.717, 1.165) is 64.5 Å². The summed E-state index contributed by atoms with van der Waals surface area (Å²) in [4.78, 5) is 16.3. The molecule has 2 aromatic carbocycles. The summed E-state index contributed by atoms with van der Waals surface area (Å²) in [6, 6.07) is 13.1. The Morgan fingerprint density at radius 1 is 1.25 bits per heavy atom.